The van der Waals surface area contributed by atoms with Crippen LogP contribution >= 0.6 is 0 Å². The highest BCUT2D eigenvalue weighted by atomic mass is 16.5. The molecule has 1 heterocycles. The quantitative estimate of drug-likeness (QED) is 0.315. The first-order valence-electron chi connectivity index (χ1n) is 5.55. The van der Waals surface area contributed by atoms with Crippen LogP contribution in [0.15, 0.2) is 0 Å². The van der Waals surface area contributed by atoms with Gasteiger partial charge in [-0.3, -0.25) is 10.2 Å². The topological polar surface area (TPSA) is 87.8 Å². The van der Waals surface area contributed by atoms with E-state index in [0.29, 0.717) is 13.0 Å². The molecule has 6 nitrogen and oxygen atoms in total. The maximum atomic E-state index is 11.2. The van der Waals surface area contributed by atoms with Crippen LogP contribution in [0.1, 0.15) is 19.8 Å². The second kappa shape index (κ2) is 6.15. The van der Waals surface area contributed by atoms with E-state index in [1.807, 2.05) is 11.9 Å². The second-order valence-electron chi connectivity index (χ2n) is 4.40. The Bertz CT molecular complexity index is 235. The van der Waals surface area contributed by atoms with Crippen molar-refractivity contribution in [2.75, 3.05) is 20.1 Å². The van der Waals surface area contributed by atoms with Gasteiger partial charge in [-0.2, -0.15) is 0 Å². The molecule has 94 valence electrons. The lowest BCUT2D eigenvalue weighted by atomic mass is 10.2. The van der Waals surface area contributed by atoms with Gasteiger partial charge in [0.2, 0.25) is 0 Å². The molecule has 0 spiro atoms. The zero-order valence-corrected chi connectivity index (χ0v) is 9.85. The van der Waals surface area contributed by atoms with Crippen molar-refractivity contribution in [1.82, 2.24) is 10.3 Å². The van der Waals surface area contributed by atoms with E-state index in [4.69, 9.17) is 10.6 Å². The molecule has 1 rings (SSSR count). The van der Waals surface area contributed by atoms with Gasteiger partial charge >= 0.3 is 0 Å². The Labute approximate surface area is 95.7 Å². The van der Waals surface area contributed by atoms with Gasteiger partial charge in [0.15, 0.2) is 0 Å². The standard InChI is InChI=1S/C10H21N3O3/c1-7(14)5-13(2)6-8-3-4-9(16-8)10(15)12-11/h7-9,14H,3-6,11H2,1-2H3,(H,12,15). The summed E-state index contributed by atoms with van der Waals surface area (Å²) in [6.07, 6.45) is 0.828. The Morgan fingerprint density at radius 2 is 2.38 bits per heavy atom. The molecule has 1 amide bonds. The van der Waals surface area contributed by atoms with Crippen LogP contribution in [0.5, 0.6) is 0 Å². The van der Waals surface area contributed by atoms with Gasteiger partial charge in [0, 0.05) is 13.1 Å². The van der Waals surface area contributed by atoms with Crippen molar-refractivity contribution in [2.45, 2.75) is 38.1 Å². The van der Waals surface area contributed by atoms with Gasteiger partial charge < -0.3 is 14.7 Å². The molecule has 4 N–H and O–H groups in total. The summed E-state index contributed by atoms with van der Waals surface area (Å²) in [7, 11) is 1.92. The van der Waals surface area contributed by atoms with E-state index >= 15 is 0 Å². The third kappa shape index (κ3) is 4.05. The molecule has 0 saturated carbocycles. The van der Waals surface area contributed by atoms with Crippen LogP contribution in [0.2, 0.25) is 0 Å². The van der Waals surface area contributed by atoms with Crippen molar-refractivity contribution in [3.8, 4) is 0 Å². The van der Waals surface area contributed by atoms with Crippen LogP contribution in [-0.2, 0) is 9.53 Å². The molecule has 1 aliphatic heterocycles. The summed E-state index contributed by atoms with van der Waals surface area (Å²) >= 11 is 0. The number of hydrogen-bond acceptors (Lipinski definition) is 5. The number of aliphatic hydroxyl groups is 1. The number of aliphatic hydroxyl groups excluding tert-OH is 1. The molecule has 3 unspecified atom stereocenters. The van der Waals surface area contributed by atoms with Gasteiger partial charge in [-0.1, -0.05) is 0 Å². The minimum atomic E-state index is -0.421. The highest BCUT2D eigenvalue weighted by Gasteiger charge is 2.30. The molecule has 0 aliphatic carbocycles. The zero-order chi connectivity index (χ0) is 12.1. The molecule has 1 saturated heterocycles. The summed E-state index contributed by atoms with van der Waals surface area (Å²) in [6, 6.07) is 0. The lowest BCUT2D eigenvalue weighted by Crippen LogP contribution is -2.40. The minimum absolute atomic E-state index is 0.0473. The number of hydrogen-bond donors (Lipinski definition) is 3. The Morgan fingerprint density at radius 1 is 1.69 bits per heavy atom. The van der Waals surface area contributed by atoms with Crippen LogP contribution < -0.4 is 11.3 Å². The molecule has 3 atom stereocenters. The maximum absolute atomic E-state index is 11.2. The van der Waals surface area contributed by atoms with Crippen LogP contribution in [0, 0.1) is 0 Å². The Balaban J connectivity index is 2.28. The molecule has 6 heteroatoms. The van der Waals surface area contributed by atoms with E-state index in [9.17, 15) is 9.90 Å². The first kappa shape index (κ1) is 13.4. The normalized spacial score (nSPS) is 27.1. The number of rotatable bonds is 5. The van der Waals surface area contributed by atoms with Gasteiger partial charge in [0.05, 0.1) is 12.2 Å². The highest BCUT2D eigenvalue weighted by molar-refractivity contribution is 5.80. The summed E-state index contributed by atoms with van der Waals surface area (Å²) in [4.78, 5) is 13.2. The van der Waals surface area contributed by atoms with E-state index in [-0.39, 0.29) is 18.1 Å². The van der Waals surface area contributed by atoms with Crippen LogP contribution in [0.3, 0.4) is 0 Å². The van der Waals surface area contributed by atoms with Crippen molar-refractivity contribution in [3.63, 3.8) is 0 Å². The fraction of sp³-hybridized carbons (Fsp3) is 0.900. The predicted molar refractivity (Wildman–Crippen MR) is 59.4 cm³/mol. The fourth-order valence-electron chi connectivity index (χ4n) is 2.00. The van der Waals surface area contributed by atoms with Gasteiger partial charge in [0.1, 0.15) is 6.10 Å². The van der Waals surface area contributed by atoms with Crippen molar-refractivity contribution in [1.29, 1.82) is 0 Å². The zero-order valence-electron chi connectivity index (χ0n) is 9.85. The predicted octanol–water partition coefficient (Wildman–Crippen LogP) is -1.16. The highest BCUT2D eigenvalue weighted by Crippen LogP contribution is 2.20. The van der Waals surface area contributed by atoms with Gasteiger partial charge in [-0.25, -0.2) is 5.84 Å². The van der Waals surface area contributed by atoms with Crippen molar-refractivity contribution < 1.29 is 14.6 Å². The van der Waals surface area contributed by atoms with Crippen LogP contribution in [0.25, 0.3) is 0 Å². The van der Waals surface area contributed by atoms with Crippen molar-refractivity contribution in [3.05, 3.63) is 0 Å². The average Bonchev–Trinajstić information content (AvgIpc) is 2.63. The van der Waals surface area contributed by atoms with E-state index < -0.39 is 6.10 Å². The number of likely N-dealkylation sites (N-methyl/N-ethyl adjacent to an activating group) is 1. The molecule has 1 fully saturated rings. The van der Waals surface area contributed by atoms with Crippen molar-refractivity contribution >= 4 is 5.91 Å². The lowest BCUT2D eigenvalue weighted by Gasteiger charge is -2.22. The van der Waals surface area contributed by atoms with Crippen molar-refractivity contribution in [2.24, 2.45) is 5.84 Å². The van der Waals surface area contributed by atoms with Gasteiger partial charge in [0.25, 0.3) is 5.91 Å². The summed E-state index contributed by atoms with van der Waals surface area (Å²) in [5, 5.41) is 9.21. The van der Waals surface area contributed by atoms with Crippen LogP contribution in [0.4, 0.5) is 0 Å². The molecular weight excluding hydrogens is 210 g/mol. The SMILES string of the molecule is CC(O)CN(C)CC1CCC(C(=O)NN)O1. The summed E-state index contributed by atoms with van der Waals surface area (Å²) in [5.41, 5.74) is 2.10. The third-order valence-corrected chi connectivity index (χ3v) is 2.63. The molecule has 0 aromatic rings. The summed E-state index contributed by atoms with van der Waals surface area (Å²) in [5.74, 6) is 4.78. The van der Waals surface area contributed by atoms with Gasteiger partial charge in [-0.15, -0.1) is 0 Å². The Hall–Kier alpha value is -0.690. The Kier molecular flexibility index (Phi) is 5.14. The third-order valence-electron chi connectivity index (χ3n) is 2.63. The number of hydrazine groups is 1. The van der Waals surface area contributed by atoms with Gasteiger partial charge in [-0.05, 0) is 26.8 Å². The maximum Gasteiger partial charge on any atom is 0.263 e. The molecule has 0 bridgehead atoms. The first-order valence-corrected chi connectivity index (χ1v) is 5.55. The first-order chi connectivity index (χ1) is 7.52. The molecule has 0 radical (unpaired) electrons. The molecule has 16 heavy (non-hydrogen) atoms. The van der Waals surface area contributed by atoms with E-state index in [0.717, 1.165) is 13.0 Å². The van der Waals surface area contributed by atoms with Crippen LogP contribution in [-0.4, -0.2) is 54.4 Å². The number of nitrogens with one attached hydrogen (secondary N) is 1. The molecule has 1 aliphatic rings. The number of nitrogens with zero attached hydrogens (tertiary/aromatic N) is 1. The Morgan fingerprint density at radius 3 is 2.94 bits per heavy atom. The largest absolute Gasteiger partial charge is 0.392 e. The van der Waals surface area contributed by atoms with E-state index in [2.05, 4.69) is 5.43 Å². The number of nitrogens with two attached hydrogens (primary N) is 1. The molecule has 0 aromatic heterocycles. The average molecular weight is 231 g/mol. The summed E-state index contributed by atoms with van der Waals surface area (Å²) in [6.45, 7) is 3.07. The molecular formula is C10H21N3O3. The number of carbonyl (C=O) groups is 1. The number of ether oxygens (including phenoxy) is 1. The monoisotopic (exact) mass is 231 g/mol. The smallest absolute Gasteiger partial charge is 0.263 e. The second-order valence-corrected chi connectivity index (χ2v) is 4.40. The fourth-order valence-corrected chi connectivity index (χ4v) is 2.00. The lowest BCUT2D eigenvalue weighted by molar-refractivity contribution is -0.132. The van der Waals surface area contributed by atoms with E-state index in [1.54, 1.807) is 6.92 Å². The summed E-state index contributed by atoms with van der Waals surface area (Å²) < 4.78 is 5.55. The number of carbonyl (C=O) groups excluding carboxylic acids is 1. The molecule has 0 aromatic carbocycles. The minimum Gasteiger partial charge on any atom is -0.392 e. The van der Waals surface area contributed by atoms with E-state index in [1.165, 1.54) is 0 Å². The number of amides is 1.